The third-order valence-electron chi connectivity index (χ3n) is 4.83. The molecule has 2 N–H and O–H groups in total. The fourth-order valence-electron chi connectivity index (χ4n) is 3.36. The Kier molecular flexibility index (Phi) is 4.96. The van der Waals surface area contributed by atoms with Gasteiger partial charge in [0.2, 0.25) is 0 Å². The van der Waals surface area contributed by atoms with Gasteiger partial charge in [0.05, 0.1) is 10.7 Å². The monoisotopic (exact) mass is 354 g/mol. The number of thioether (sulfide) groups is 1. The molecule has 3 rings (SSSR count). The quantitative estimate of drug-likeness (QED) is 0.868. The fourth-order valence-corrected chi connectivity index (χ4v) is 5.68. The van der Waals surface area contributed by atoms with Crippen LogP contribution in [-0.4, -0.2) is 39.0 Å². The minimum absolute atomic E-state index is 0.279. The highest BCUT2D eigenvalue weighted by Gasteiger charge is 2.42. The van der Waals surface area contributed by atoms with Gasteiger partial charge in [-0.25, -0.2) is 9.78 Å². The number of nitrogens with one attached hydrogen (secondary N) is 1. The highest BCUT2D eigenvalue weighted by Crippen LogP contribution is 2.37. The number of aliphatic carboxylic acids is 1. The third kappa shape index (κ3) is 3.40. The molecular weight excluding hydrogens is 332 g/mol. The van der Waals surface area contributed by atoms with E-state index in [1.165, 1.54) is 24.2 Å². The molecule has 126 valence electrons. The molecular formula is C16H22N2O3S2. The summed E-state index contributed by atoms with van der Waals surface area (Å²) < 4.78 is 0. The fraction of sp³-hybridized carbons (Fsp3) is 0.688. The van der Waals surface area contributed by atoms with E-state index in [1.807, 2.05) is 6.92 Å². The highest BCUT2D eigenvalue weighted by molar-refractivity contribution is 7.99. The minimum Gasteiger partial charge on any atom is -0.480 e. The largest absolute Gasteiger partial charge is 0.480 e. The molecule has 2 heterocycles. The second-order valence-electron chi connectivity index (χ2n) is 6.40. The number of hydrogen-bond donors (Lipinski definition) is 2. The van der Waals surface area contributed by atoms with Gasteiger partial charge in [0.1, 0.15) is 10.4 Å². The van der Waals surface area contributed by atoms with Crippen molar-refractivity contribution < 1.29 is 14.7 Å². The summed E-state index contributed by atoms with van der Waals surface area (Å²) >= 11 is 3.18. The Morgan fingerprint density at radius 3 is 2.52 bits per heavy atom. The molecule has 1 aliphatic carbocycles. The summed E-state index contributed by atoms with van der Waals surface area (Å²) in [6.45, 7) is 1.84. The van der Waals surface area contributed by atoms with Crippen LogP contribution >= 0.6 is 23.1 Å². The maximum Gasteiger partial charge on any atom is 0.329 e. The van der Waals surface area contributed by atoms with Gasteiger partial charge in [-0.05, 0) is 44.1 Å². The van der Waals surface area contributed by atoms with Gasteiger partial charge < -0.3 is 10.4 Å². The molecule has 2 aliphatic rings. The standard InChI is InChI=1S/C16H22N2O3S2/c1-10-12(23-14(17-10)11-4-2-3-5-11)13(19)18-16(15(20)21)6-8-22-9-7-16/h11H,2-9H2,1H3,(H,18,19)(H,20,21). The highest BCUT2D eigenvalue weighted by atomic mass is 32.2. The normalized spacial score (nSPS) is 21.3. The van der Waals surface area contributed by atoms with Gasteiger partial charge in [-0.15, -0.1) is 11.3 Å². The summed E-state index contributed by atoms with van der Waals surface area (Å²) in [6.07, 6.45) is 5.70. The molecule has 1 aromatic heterocycles. The van der Waals surface area contributed by atoms with Gasteiger partial charge >= 0.3 is 5.97 Å². The van der Waals surface area contributed by atoms with E-state index in [-0.39, 0.29) is 5.91 Å². The number of carboxylic acids is 1. The van der Waals surface area contributed by atoms with Gasteiger partial charge in [0, 0.05) is 5.92 Å². The topological polar surface area (TPSA) is 79.3 Å². The van der Waals surface area contributed by atoms with Crippen molar-refractivity contribution in [2.45, 2.75) is 56.9 Å². The molecule has 5 nitrogen and oxygen atoms in total. The van der Waals surface area contributed by atoms with Crippen LogP contribution in [0.25, 0.3) is 0 Å². The van der Waals surface area contributed by atoms with Crippen LogP contribution in [0.15, 0.2) is 0 Å². The molecule has 0 radical (unpaired) electrons. The van der Waals surface area contributed by atoms with Crippen molar-refractivity contribution in [2.24, 2.45) is 0 Å². The average Bonchev–Trinajstić information content (AvgIpc) is 3.17. The molecule has 7 heteroatoms. The number of carbonyl (C=O) groups is 2. The van der Waals surface area contributed by atoms with Crippen LogP contribution in [0.1, 0.15) is 64.8 Å². The molecule has 23 heavy (non-hydrogen) atoms. The Morgan fingerprint density at radius 1 is 1.26 bits per heavy atom. The number of hydrogen-bond acceptors (Lipinski definition) is 5. The van der Waals surface area contributed by atoms with Gasteiger partial charge in [-0.1, -0.05) is 12.8 Å². The van der Waals surface area contributed by atoms with Crippen molar-refractivity contribution in [1.29, 1.82) is 0 Å². The van der Waals surface area contributed by atoms with E-state index in [4.69, 9.17) is 0 Å². The molecule has 2 fully saturated rings. The molecule has 0 atom stereocenters. The molecule has 1 saturated carbocycles. The van der Waals surface area contributed by atoms with Gasteiger partial charge in [-0.2, -0.15) is 11.8 Å². The zero-order valence-electron chi connectivity index (χ0n) is 13.3. The van der Waals surface area contributed by atoms with Crippen LogP contribution in [0.2, 0.25) is 0 Å². The van der Waals surface area contributed by atoms with Gasteiger partial charge in [0.25, 0.3) is 5.91 Å². The Bertz CT molecular complexity index is 602. The lowest BCUT2D eigenvalue weighted by Gasteiger charge is -2.33. The molecule has 1 aromatic rings. The number of aryl methyl sites for hydroxylation is 1. The van der Waals surface area contributed by atoms with E-state index in [9.17, 15) is 14.7 Å². The first-order chi connectivity index (χ1) is 11.0. The van der Waals surface area contributed by atoms with E-state index in [0.717, 1.165) is 35.0 Å². The molecule has 1 amide bonds. The number of thiazole rings is 1. The van der Waals surface area contributed by atoms with Gasteiger partial charge in [-0.3, -0.25) is 4.79 Å². The number of nitrogens with zero attached hydrogens (tertiary/aromatic N) is 1. The van der Waals surface area contributed by atoms with Gasteiger partial charge in [0.15, 0.2) is 0 Å². The average molecular weight is 354 g/mol. The number of carboxylic acid groups (broad SMARTS) is 1. The van der Waals surface area contributed by atoms with E-state index in [1.54, 1.807) is 11.8 Å². The predicted octanol–water partition coefficient (Wildman–Crippen LogP) is 3.19. The Balaban J connectivity index is 1.78. The van der Waals surface area contributed by atoms with Crippen LogP contribution in [0.4, 0.5) is 0 Å². The number of aromatic nitrogens is 1. The summed E-state index contributed by atoms with van der Waals surface area (Å²) in [4.78, 5) is 29.5. The smallest absolute Gasteiger partial charge is 0.329 e. The van der Waals surface area contributed by atoms with Crippen molar-refractivity contribution in [3.05, 3.63) is 15.6 Å². The van der Waals surface area contributed by atoms with Crippen molar-refractivity contribution >= 4 is 35.0 Å². The number of amides is 1. The lowest BCUT2D eigenvalue weighted by molar-refractivity contribution is -0.144. The summed E-state index contributed by atoms with van der Waals surface area (Å²) in [5.41, 5.74) is -0.396. The number of carbonyl (C=O) groups excluding carboxylic acids is 1. The zero-order chi connectivity index (χ0) is 16.4. The maximum atomic E-state index is 12.7. The SMILES string of the molecule is Cc1nc(C2CCCC2)sc1C(=O)NC1(C(=O)O)CCSCC1. The van der Waals surface area contributed by atoms with E-state index in [2.05, 4.69) is 10.3 Å². The Hall–Kier alpha value is -1.08. The molecule has 1 saturated heterocycles. The van der Waals surface area contributed by atoms with Crippen molar-refractivity contribution in [2.75, 3.05) is 11.5 Å². The Morgan fingerprint density at radius 2 is 1.91 bits per heavy atom. The summed E-state index contributed by atoms with van der Waals surface area (Å²) in [7, 11) is 0. The first-order valence-electron chi connectivity index (χ1n) is 8.13. The second-order valence-corrected chi connectivity index (χ2v) is 8.66. The predicted molar refractivity (Wildman–Crippen MR) is 92.5 cm³/mol. The molecule has 0 unspecified atom stereocenters. The first kappa shape index (κ1) is 16.8. The lowest BCUT2D eigenvalue weighted by atomic mass is 9.92. The van der Waals surface area contributed by atoms with Crippen LogP contribution in [-0.2, 0) is 4.79 Å². The molecule has 0 bridgehead atoms. The van der Waals surface area contributed by atoms with Crippen LogP contribution in [0, 0.1) is 6.92 Å². The molecule has 0 aromatic carbocycles. The van der Waals surface area contributed by atoms with Crippen molar-refractivity contribution in [3.8, 4) is 0 Å². The van der Waals surface area contributed by atoms with E-state index in [0.29, 0.717) is 23.6 Å². The third-order valence-corrected chi connectivity index (χ3v) is 7.14. The lowest BCUT2D eigenvalue weighted by Crippen LogP contribution is -2.56. The first-order valence-corrected chi connectivity index (χ1v) is 10.1. The Labute approximate surface area is 144 Å². The van der Waals surface area contributed by atoms with Crippen LogP contribution in [0.3, 0.4) is 0 Å². The summed E-state index contributed by atoms with van der Waals surface area (Å²) in [5, 5.41) is 13.4. The molecule has 1 aliphatic heterocycles. The molecule has 0 spiro atoms. The zero-order valence-corrected chi connectivity index (χ0v) is 14.9. The van der Waals surface area contributed by atoms with Crippen molar-refractivity contribution in [1.82, 2.24) is 10.3 Å². The van der Waals surface area contributed by atoms with E-state index >= 15 is 0 Å². The van der Waals surface area contributed by atoms with Crippen LogP contribution < -0.4 is 5.32 Å². The van der Waals surface area contributed by atoms with Crippen LogP contribution in [0.5, 0.6) is 0 Å². The maximum absolute atomic E-state index is 12.7. The van der Waals surface area contributed by atoms with E-state index < -0.39 is 11.5 Å². The minimum atomic E-state index is -1.12. The van der Waals surface area contributed by atoms with Crippen molar-refractivity contribution in [3.63, 3.8) is 0 Å². The second kappa shape index (κ2) is 6.81. The number of rotatable bonds is 4. The summed E-state index contributed by atoms with van der Waals surface area (Å²) in [6, 6.07) is 0. The summed E-state index contributed by atoms with van der Waals surface area (Å²) in [5.74, 6) is 0.797.